The van der Waals surface area contributed by atoms with E-state index in [1.807, 2.05) is 24.3 Å². The lowest BCUT2D eigenvalue weighted by atomic mass is 9.75. The molecule has 2 bridgehead atoms. The Hall–Kier alpha value is -3.01. The number of hydrogen-bond acceptors (Lipinski definition) is 5. The molecule has 2 aliphatic rings. The van der Waals surface area contributed by atoms with Crippen LogP contribution < -0.4 is 0 Å². The van der Waals surface area contributed by atoms with Gasteiger partial charge in [0.05, 0.1) is 28.4 Å². The topological polar surface area (TPSA) is 98.6 Å². The Morgan fingerprint density at radius 2 is 1.63 bits per heavy atom. The Labute approximate surface area is 174 Å². The van der Waals surface area contributed by atoms with Gasteiger partial charge in [-0.05, 0) is 31.4 Å². The molecule has 0 spiro atoms. The molecule has 154 valence electrons. The number of aliphatic hydroxyl groups is 1. The van der Waals surface area contributed by atoms with Crippen molar-refractivity contribution in [1.29, 1.82) is 5.26 Å². The van der Waals surface area contributed by atoms with Gasteiger partial charge in [0, 0.05) is 23.8 Å². The Bertz CT molecular complexity index is 1160. The van der Waals surface area contributed by atoms with Crippen LogP contribution in [0.5, 0.6) is 11.8 Å². The quantitative estimate of drug-likeness (QED) is 0.589. The van der Waals surface area contributed by atoms with E-state index in [1.165, 1.54) is 4.57 Å². The SMILES string of the molecule is CCCC12CCC(CCO)(O1)c1c2c(O)n(-c2ccc(C#N)c3ccccc23)c1O. The van der Waals surface area contributed by atoms with Gasteiger partial charge in [-0.15, -0.1) is 0 Å². The molecular formula is C24H24N2O4. The number of aliphatic hydroxyl groups excluding tert-OH is 1. The third kappa shape index (κ3) is 2.25. The van der Waals surface area contributed by atoms with Crippen LogP contribution in [-0.4, -0.2) is 26.5 Å². The molecule has 2 unspecified atom stereocenters. The summed E-state index contributed by atoms with van der Waals surface area (Å²) < 4.78 is 7.95. The van der Waals surface area contributed by atoms with Gasteiger partial charge in [-0.1, -0.05) is 37.6 Å². The fraction of sp³-hybridized carbons (Fsp3) is 0.375. The summed E-state index contributed by atoms with van der Waals surface area (Å²) in [6, 6.07) is 13.1. The van der Waals surface area contributed by atoms with Gasteiger partial charge in [0.2, 0.25) is 11.8 Å². The summed E-state index contributed by atoms with van der Waals surface area (Å²) in [5.41, 5.74) is 0.968. The first-order chi connectivity index (χ1) is 14.5. The van der Waals surface area contributed by atoms with Crippen LogP contribution in [0.25, 0.3) is 16.5 Å². The second-order valence-corrected chi connectivity index (χ2v) is 8.34. The second-order valence-electron chi connectivity index (χ2n) is 8.34. The van der Waals surface area contributed by atoms with Crippen molar-refractivity contribution in [3.63, 3.8) is 0 Å². The molecule has 0 amide bonds. The summed E-state index contributed by atoms with van der Waals surface area (Å²) in [5.74, 6) is -0.0752. The van der Waals surface area contributed by atoms with Gasteiger partial charge in [-0.2, -0.15) is 5.26 Å². The molecule has 5 rings (SSSR count). The summed E-state index contributed by atoms with van der Waals surface area (Å²) in [7, 11) is 0. The van der Waals surface area contributed by atoms with Crippen molar-refractivity contribution in [1.82, 2.24) is 4.57 Å². The number of benzene rings is 2. The summed E-state index contributed by atoms with van der Waals surface area (Å²) in [5, 5.41) is 43.4. The summed E-state index contributed by atoms with van der Waals surface area (Å²) in [6.07, 6.45) is 3.43. The summed E-state index contributed by atoms with van der Waals surface area (Å²) in [6.45, 7) is 2.01. The molecule has 0 aliphatic carbocycles. The molecule has 0 saturated carbocycles. The predicted octanol–water partition coefficient (Wildman–Crippen LogP) is 4.31. The number of nitriles is 1. The van der Waals surface area contributed by atoms with Gasteiger partial charge >= 0.3 is 0 Å². The van der Waals surface area contributed by atoms with Gasteiger partial charge in [-0.3, -0.25) is 4.57 Å². The van der Waals surface area contributed by atoms with Crippen LogP contribution in [0.4, 0.5) is 0 Å². The number of aromatic hydroxyl groups is 2. The Kier molecular flexibility index (Phi) is 4.11. The highest BCUT2D eigenvalue weighted by atomic mass is 16.5. The van der Waals surface area contributed by atoms with Crippen LogP contribution in [0, 0.1) is 11.3 Å². The summed E-state index contributed by atoms with van der Waals surface area (Å²) in [4.78, 5) is 0. The smallest absolute Gasteiger partial charge is 0.205 e. The lowest BCUT2D eigenvalue weighted by molar-refractivity contribution is -0.102. The van der Waals surface area contributed by atoms with Gasteiger partial charge in [0.1, 0.15) is 11.2 Å². The first kappa shape index (κ1) is 19.0. The molecule has 1 saturated heterocycles. The third-order valence-corrected chi connectivity index (χ3v) is 6.79. The first-order valence-corrected chi connectivity index (χ1v) is 10.4. The fourth-order valence-corrected chi connectivity index (χ4v) is 5.63. The molecule has 3 heterocycles. The molecular weight excluding hydrogens is 380 g/mol. The fourth-order valence-electron chi connectivity index (χ4n) is 5.63. The van der Waals surface area contributed by atoms with Gasteiger partial charge in [-0.25, -0.2) is 0 Å². The van der Waals surface area contributed by atoms with E-state index in [2.05, 4.69) is 13.0 Å². The Morgan fingerprint density at radius 3 is 2.23 bits per heavy atom. The molecule has 3 N–H and O–H groups in total. The number of aromatic nitrogens is 1. The van der Waals surface area contributed by atoms with Crippen LogP contribution in [0.2, 0.25) is 0 Å². The zero-order valence-electron chi connectivity index (χ0n) is 16.9. The third-order valence-electron chi connectivity index (χ3n) is 6.79. The maximum Gasteiger partial charge on any atom is 0.205 e. The van der Waals surface area contributed by atoms with E-state index in [-0.39, 0.29) is 18.4 Å². The van der Waals surface area contributed by atoms with Crippen molar-refractivity contribution in [3.05, 3.63) is 53.1 Å². The molecule has 2 aromatic carbocycles. The van der Waals surface area contributed by atoms with E-state index in [9.17, 15) is 20.6 Å². The summed E-state index contributed by atoms with van der Waals surface area (Å²) >= 11 is 0. The molecule has 2 atom stereocenters. The maximum absolute atomic E-state index is 11.4. The van der Waals surface area contributed by atoms with Crippen LogP contribution in [0.3, 0.4) is 0 Å². The molecule has 1 fully saturated rings. The molecule has 6 nitrogen and oxygen atoms in total. The van der Waals surface area contributed by atoms with E-state index < -0.39 is 11.2 Å². The molecule has 2 aliphatic heterocycles. The second kappa shape index (κ2) is 6.49. The minimum Gasteiger partial charge on any atom is -0.494 e. The van der Waals surface area contributed by atoms with Crippen molar-refractivity contribution in [2.75, 3.05) is 6.61 Å². The normalized spacial score (nSPS) is 24.3. The number of hydrogen-bond donors (Lipinski definition) is 3. The van der Waals surface area contributed by atoms with Crippen LogP contribution in [-0.2, 0) is 15.9 Å². The zero-order chi connectivity index (χ0) is 21.1. The van der Waals surface area contributed by atoms with Crippen molar-refractivity contribution in [3.8, 4) is 23.5 Å². The van der Waals surface area contributed by atoms with Gasteiger partial charge < -0.3 is 20.1 Å². The highest BCUT2D eigenvalue weighted by molar-refractivity contribution is 5.95. The van der Waals surface area contributed by atoms with Crippen LogP contribution in [0.15, 0.2) is 36.4 Å². The van der Waals surface area contributed by atoms with E-state index in [0.717, 1.165) is 30.0 Å². The van der Waals surface area contributed by atoms with E-state index >= 15 is 0 Å². The standard InChI is InChI=1S/C24H24N2O4/c1-2-9-23-10-11-24(30-23,12-13-27)20-19(23)21(28)26(22(20)29)18-8-7-15(14-25)16-5-3-4-6-17(16)18/h3-8,27-29H,2,9-13H2,1H3. The highest BCUT2D eigenvalue weighted by Gasteiger charge is 2.62. The van der Waals surface area contributed by atoms with E-state index in [1.54, 1.807) is 12.1 Å². The minimum atomic E-state index is -0.783. The lowest BCUT2D eigenvalue weighted by Crippen LogP contribution is -2.24. The molecule has 6 heteroatoms. The monoisotopic (exact) mass is 404 g/mol. The van der Waals surface area contributed by atoms with Crippen molar-refractivity contribution >= 4 is 10.8 Å². The number of rotatable bonds is 5. The zero-order valence-corrected chi connectivity index (χ0v) is 16.9. The molecule has 0 radical (unpaired) electrons. The molecule has 30 heavy (non-hydrogen) atoms. The maximum atomic E-state index is 11.4. The van der Waals surface area contributed by atoms with Crippen LogP contribution >= 0.6 is 0 Å². The van der Waals surface area contributed by atoms with E-state index in [4.69, 9.17) is 4.74 Å². The lowest BCUT2D eigenvalue weighted by Gasteiger charge is -2.26. The van der Waals surface area contributed by atoms with Crippen molar-refractivity contribution < 1.29 is 20.1 Å². The van der Waals surface area contributed by atoms with Gasteiger partial charge in [0.25, 0.3) is 0 Å². The predicted molar refractivity (Wildman–Crippen MR) is 112 cm³/mol. The molecule has 1 aromatic heterocycles. The Balaban J connectivity index is 1.81. The molecule has 3 aromatic rings. The Morgan fingerprint density at radius 1 is 1.00 bits per heavy atom. The average Bonchev–Trinajstić information content (AvgIpc) is 3.34. The van der Waals surface area contributed by atoms with E-state index in [0.29, 0.717) is 35.2 Å². The largest absolute Gasteiger partial charge is 0.494 e. The van der Waals surface area contributed by atoms with Gasteiger partial charge in [0.15, 0.2) is 0 Å². The van der Waals surface area contributed by atoms with Crippen molar-refractivity contribution in [2.24, 2.45) is 0 Å². The number of nitrogens with zero attached hydrogens (tertiary/aromatic N) is 2. The van der Waals surface area contributed by atoms with Crippen molar-refractivity contribution in [2.45, 2.75) is 50.2 Å². The average molecular weight is 404 g/mol. The minimum absolute atomic E-state index is 0.0228. The first-order valence-electron chi connectivity index (χ1n) is 10.4. The van der Waals surface area contributed by atoms with Crippen LogP contribution in [0.1, 0.15) is 55.7 Å². The number of fused-ring (bicyclic) bond motifs is 6. The number of ether oxygens (including phenoxy) is 1. The highest BCUT2D eigenvalue weighted by Crippen LogP contribution is 2.67.